The van der Waals surface area contributed by atoms with Gasteiger partial charge in [0.15, 0.2) is 0 Å². The van der Waals surface area contributed by atoms with Gasteiger partial charge >= 0.3 is 0 Å². The van der Waals surface area contributed by atoms with Crippen molar-refractivity contribution in [1.82, 2.24) is 19.6 Å². The van der Waals surface area contributed by atoms with Gasteiger partial charge in [-0.25, -0.2) is 4.98 Å². The van der Waals surface area contributed by atoms with Crippen LogP contribution in [0.4, 0.5) is 0 Å². The van der Waals surface area contributed by atoms with Gasteiger partial charge in [0.25, 0.3) is 11.8 Å². The lowest BCUT2D eigenvalue weighted by Gasteiger charge is -2.16. The highest BCUT2D eigenvalue weighted by Crippen LogP contribution is 2.12. The van der Waals surface area contributed by atoms with Gasteiger partial charge in [0.1, 0.15) is 11.3 Å². The van der Waals surface area contributed by atoms with Crippen molar-refractivity contribution in [2.75, 3.05) is 14.1 Å². The number of hydrogen-bond donors (Lipinski definition) is 1. The second kappa shape index (κ2) is 6.76. The van der Waals surface area contributed by atoms with Crippen molar-refractivity contribution >= 4 is 17.5 Å². The SMILES string of the molecule is CNC(=O)c1ccc(CN(C)C(=O)c2cn3ccc(C)cc3n2)cc1. The minimum atomic E-state index is -0.142. The topological polar surface area (TPSA) is 66.7 Å². The molecule has 1 N–H and O–H groups in total. The van der Waals surface area contributed by atoms with E-state index in [1.165, 1.54) is 0 Å². The second-order valence-electron chi connectivity index (χ2n) is 6.03. The van der Waals surface area contributed by atoms with E-state index >= 15 is 0 Å². The van der Waals surface area contributed by atoms with E-state index in [4.69, 9.17) is 0 Å². The lowest BCUT2D eigenvalue weighted by molar-refractivity contribution is 0.0779. The lowest BCUT2D eigenvalue weighted by Crippen LogP contribution is -2.26. The van der Waals surface area contributed by atoms with E-state index in [-0.39, 0.29) is 11.8 Å². The quantitative estimate of drug-likeness (QED) is 0.795. The summed E-state index contributed by atoms with van der Waals surface area (Å²) in [5.41, 5.74) is 3.81. The molecule has 2 aromatic heterocycles. The van der Waals surface area contributed by atoms with Gasteiger partial charge in [0, 0.05) is 38.6 Å². The molecule has 0 aliphatic rings. The fourth-order valence-corrected chi connectivity index (χ4v) is 2.63. The standard InChI is InChI=1S/C19H20N4O2/c1-13-8-9-23-12-16(21-17(23)10-13)19(25)22(3)11-14-4-6-15(7-5-14)18(24)20-2/h4-10,12H,11H2,1-3H3,(H,20,24). The smallest absolute Gasteiger partial charge is 0.274 e. The summed E-state index contributed by atoms with van der Waals surface area (Å²) in [6.07, 6.45) is 3.63. The molecular weight excluding hydrogens is 316 g/mol. The molecule has 6 nitrogen and oxygen atoms in total. The number of carbonyl (C=O) groups is 2. The fourth-order valence-electron chi connectivity index (χ4n) is 2.63. The molecule has 6 heteroatoms. The molecule has 3 aromatic rings. The molecule has 2 heterocycles. The zero-order valence-electron chi connectivity index (χ0n) is 14.5. The van der Waals surface area contributed by atoms with E-state index < -0.39 is 0 Å². The van der Waals surface area contributed by atoms with Gasteiger partial charge in [0.2, 0.25) is 0 Å². The van der Waals surface area contributed by atoms with Crippen molar-refractivity contribution in [1.29, 1.82) is 0 Å². The Morgan fingerprint density at radius 3 is 2.60 bits per heavy atom. The maximum atomic E-state index is 12.6. The molecule has 25 heavy (non-hydrogen) atoms. The van der Waals surface area contributed by atoms with Crippen LogP contribution in [0.1, 0.15) is 32.0 Å². The van der Waals surface area contributed by atoms with Crippen molar-refractivity contribution in [2.24, 2.45) is 0 Å². The first-order valence-electron chi connectivity index (χ1n) is 8.00. The Hall–Kier alpha value is -3.15. The zero-order chi connectivity index (χ0) is 18.0. The van der Waals surface area contributed by atoms with E-state index in [1.807, 2.05) is 41.8 Å². The number of amides is 2. The Morgan fingerprint density at radius 2 is 1.92 bits per heavy atom. The summed E-state index contributed by atoms with van der Waals surface area (Å²) in [5.74, 6) is -0.271. The van der Waals surface area contributed by atoms with Gasteiger partial charge in [-0.15, -0.1) is 0 Å². The van der Waals surface area contributed by atoms with Crippen molar-refractivity contribution in [3.8, 4) is 0 Å². The van der Waals surface area contributed by atoms with Crippen LogP contribution in [0.15, 0.2) is 48.8 Å². The molecule has 0 saturated carbocycles. The predicted molar refractivity (Wildman–Crippen MR) is 95.6 cm³/mol. The number of aromatic nitrogens is 2. The summed E-state index contributed by atoms with van der Waals surface area (Å²) in [6.45, 7) is 2.44. The molecular formula is C19H20N4O2. The molecule has 0 aliphatic heterocycles. The van der Waals surface area contributed by atoms with Crippen LogP contribution in [0.5, 0.6) is 0 Å². The Morgan fingerprint density at radius 1 is 1.20 bits per heavy atom. The number of imidazole rings is 1. The molecule has 1 aromatic carbocycles. The third-order valence-electron chi connectivity index (χ3n) is 4.04. The number of aryl methyl sites for hydroxylation is 1. The van der Waals surface area contributed by atoms with Gasteiger partial charge in [0.05, 0.1) is 0 Å². The maximum absolute atomic E-state index is 12.6. The van der Waals surface area contributed by atoms with Crippen molar-refractivity contribution in [3.63, 3.8) is 0 Å². The molecule has 0 saturated heterocycles. The molecule has 0 radical (unpaired) electrons. The number of rotatable bonds is 4. The van der Waals surface area contributed by atoms with Crippen LogP contribution < -0.4 is 5.32 Å². The number of hydrogen-bond acceptors (Lipinski definition) is 3. The Kier molecular flexibility index (Phi) is 4.52. The van der Waals surface area contributed by atoms with E-state index in [2.05, 4.69) is 10.3 Å². The minimum Gasteiger partial charge on any atom is -0.355 e. The molecule has 2 amide bonds. The molecule has 0 aliphatic carbocycles. The van der Waals surface area contributed by atoms with Gasteiger partial charge < -0.3 is 14.6 Å². The van der Waals surface area contributed by atoms with Crippen LogP contribution in [0, 0.1) is 6.92 Å². The summed E-state index contributed by atoms with van der Waals surface area (Å²) in [4.78, 5) is 30.2. The summed E-state index contributed by atoms with van der Waals surface area (Å²) in [5, 5.41) is 2.58. The molecule has 0 spiro atoms. The highest BCUT2D eigenvalue weighted by Gasteiger charge is 2.16. The third-order valence-corrected chi connectivity index (χ3v) is 4.04. The first-order valence-corrected chi connectivity index (χ1v) is 8.00. The third kappa shape index (κ3) is 3.52. The van der Waals surface area contributed by atoms with Crippen molar-refractivity contribution < 1.29 is 9.59 Å². The van der Waals surface area contributed by atoms with Crippen LogP contribution in [0.3, 0.4) is 0 Å². The summed E-state index contributed by atoms with van der Waals surface area (Å²) >= 11 is 0. The second-order valence-corrected chi connectivity index (χ2v) is 6.03. The van der Waals surface area contributed by atoms with Crippen LogP contribution >= 0.6 is 0 Å². The maximum Gasteiger partial charge on any atom is 0.274 e. The molecule has 0 atom stereocenters. The van der Waals surface area contributed by atoms with E-state index in [9.17, 15) is 9.59 Å². The van der Waals surface area contributed by atoms with E-state index in [0.717, 1.165) is 16.8 Å². The van der Waals surface area contributed by atoms with Crippen LogP contribution in [-0.2, 0) is 6.54 Å². The molecule has 128 valence electrons. The van der Waals surface area contributed by atoms with Crippen LogP contribution in [-0.4, -0.2) is 40.2 Å². The zero-order valence-corrected chi connectivity index (χ0v) is 14.5. The summed E-state index contributed by atoms with van der Waals surface area (Å²) < 4.78 is 1.84. The number of fused-ring (bicyclic) bond motifs is 1. The number of nitrogens with one attached hydrogen (secondary N) is 1. The van der Waals surface area contributed by atoms with Crippen molar-refractivity contribution in [2.45, 2.75) is 13.5 Å². The van der Waals surface area contributed by atoms with E-state index in [0.29, 0.717) is 17.8 Å². The lowest BCUT2D eigenvalue weighted by atomic mass is 10.1. The molecule has 0 unspecified atom stereocenters. The first kappa shape index (κ1) is 16.7. The summed E-state index contributed by atoms with van der Waals surface area (Å²) in [7, 11) is 3.34. The number of carbonyl (C=O) groups excluding carboxylic acids is 2. The molecule has 0 bridgehead atoms. The monoisotopic (exact) mass is 336 g/mol. The Balaban J connectivity index is 1.74. The van der Waals surface area contributed by atoms with Gasteiger partial charge in [-0.2, -0.15) is 0 Å². The normalized spacial score (nSPS) is 10.7. The minimum absolute atomic E-state index is 0.129. The Bertz CT molecular complexity index is 928. The highest BCUT2D eigenvalue weighted by molar-refractivity contribution is 5.94. The fraction of sp³-hybridized carbons (Fsp3) is 0.211. The highest BCUT2D eigenvalue weighted by atomic mass is 16.2. The van der Waals surface area contributed by atoms with Crippen molar-refractivity contribution in [3.05, 3.63) is 71.2 Å². The number of nitrogens with zero attached hydrogens (tertiary/aromatic N) is 3. The average Bonchev–Trinajstić information content (AvgIpc) is 3.04. The van der Waals surface area contributed by atoms with E-state index in [1.54, 1.807) is 37.3 Å². The van der Waals surface area contributed by atoms with Gasteiger partial charge in [-0.1, -0.05) is 12.1 Å². The van der Waals surface area contributed by atoms with Gasteiger partial charge in [-0.3, -0.25) is 9.59 Å². The molecule has 0 fully saturated rings. The number of pyridine rings is 1. The number of benzene rings is 1. The molecule has 3 rings (SSSR count). The predicted octanol–water partition coefficient (Wildman–Crippen LogP) is 2.27. The largest absolute Gasteiger partial charge is 0.355 e. The van der Waals surface area contributed by atoms with Gasteiger partial charge in [-0.05, 0) is 42.3 Å². The van der Waals surface area contributed by atoms with Crippen LogP contribution in [0.25, 0.3) is 5.65 Å². The average molecular weight is 336 g/mol. The summed E-state index contributed by atoms with van der Waals surface area (Å²) in [6, 6.07) is 11.1. The first-order chi connectivity index (χ1) is 12.0. The van der Waals surface area contributed by atoms with Crippen LogP contribution in [0.2, 0.25) is 0 Å². The Labute approximate surface area is 146 Å².